The average Bonchev–Trinajstić information content (AvgIpc) is 1.86. The smallest absolute Gasteiger partial charge is 0.0183 e. The van der Waals surface area contributed by atoms with Crippen LogP contribution in [0.4, 0.5) is 0 Å². The van der Waals surface area contributed by atoms with Crippen molar-refractivity contribution in [3.8, 4) is 11.8 Å². The molecule has 0 amide bonds. The van der Waals surface area contributed by atoms with Gasteiger partial charge in [0.1, 0.15) is 0 Å². The predicted octanol–water partition coefficient (Wildman–Crippen LogP) is 1.42. The molecule has 0 unspecified atom stereocenters. The number of hydrogen-bond donors (Lipinski definition) is 0. The molecule has 0 saturated heterocycles. The standard InChI is InChI=1S/C6H8/c1-6-4-2-3-5-6/h6H,2,4H2,1H3/t6-/m0/s1. The van der Waals surface area contributed by atoms with E-state index in [2.05, 4.69) is 18.8 Å². The van der Waals surface area contributed by atoms with Crippen molar-refractivity contribution in [1.29, 1.82) is 0 Å². The van der Waals surface area contributed by atoms with Crippen LogP contribution in [0.1, 0.15) is 19.8 Å². The Morgan fingerprint density at radius 2 is 2.50 bits per heavy atom. The van der Waals surface area contributed by atoms with E-state index in [4.69, 9.17) is 0 Å². The van der Waals surface area contributed by atoms with Gasteiger partial charge in [0.25, 0.3) is 0 Å². The van der Waals surface area contributed by atoms with Gasteiger partial charge in [-0.1, -0.05) is 6.92 Å². The summed E-state index contributed by atoms with van der Waals surface area (Å²) in [5.41, 5.74) is 0. The summed E-state index contributed by atoms with van der Waals surface area (Å²) in [7, 11) is 0. The highest BCUT2D eigenvalue weighted by atomic mass is 14.0. The molecule has 1 aliphatic carbocycles. The third kappa shape index (κ3) is 0.542. The number of hydrogen-bond acceptors (Lipinski definition) is 0. The summed E-state index contributed by atoms with van der Waals surface area (Å²) in [4.78, 5) is 0. The minimum atomic E-state index is 0.685. The third-order valence-corrected chi connectivity index (χ3v) is 1.05. The van der Waals surface area contributed by atoms with Crippen LogP contribution >= 0.6 is 0 Å². The summed E-state index contributed by atoms with van der Waals surface area (Å²) in [6.07, 6.45) is 2.39. The van der Waals surface area contributed by atoms with Gasteiger partial charge in [0.05, 0.1) is 0 Å². The fourth-order valence-electron chi connectivity index (χ4n) is 0.607. The molecule has 1 atom stereocenters. The van der Waals surface area contributed by atoms with Gasteiger partial charge in [0.2, 0.25) is 0 Å². The quantitative estimate of drug-likeness (QED) is 0.386. The fraction of sp³-hybridized carbons (Fsp3) is 0.667. The van der Waals surface area contributed by atoms with Crippen LogP contribution in [0.5, 0.6) is 0 Å². The first kappa shape index (κ1) is 3.74. The van der Waals surface area contributed by atoms with Crippen LogP contribution in [0.3, 0.4) is 0 Å². The predicted molar refractivity (Wildman–Crippen MR) is 26.2 cm³/mol. The van der Waals surface area contributed by atoms with E-state index in [0.717, 1.165) is 6.42 Å². The van der Waals surface area contributed by atoms with Gasteiger partial charge in [0.15, 0.2) is 0 Å². The van der Waals surface area contributed by atoms with Gasteiger partial charge in [-0.15, -0.1) is 11.8 Å². The Bertz CT molecular complexity index is 92.3. The maximum Gasteiger partial charge on any atom is 0.0183 e. The molecule has 0 fully saturated rings. The lowest BCUT2D eigenvalue weighted by Crippen LogP contribution is -1.79. The van der Waals surface area contributed by atoms with Crippen LogP contribution in [0.15, 0.2) is 0 Å². The van der Waals surface area contributed by atoms with E-state index in [0.29, 0.717) is 5.92 Å². The highest BCUT2D eigenvalue weighted by Crippen LogP contribution is 2.07. The lowest BCUT2D eigenvalue weighted by Gasteiger charge is -1.87. The minimum absolute atomic E-state index is 0.685. The summed E-state index contributed by atoms with van der Waals surface area (Å²) < 4.78 is 0. The molecule has 0 spiro atoms. The fourth-order valence-corrected chi connectivity index (χ4v) is 0.607. The topological polar surface area (TPSA) is 0 Å². The summed E-state index contributed by atoms with van der Waals surface area (Å²) in [5.74, 6) is 6.78. The highest BCUT2D eigenvalue weighted by molar-refractivity contribution is 5.08. The Morgan fingerprint density at radius 1 is 1.67 bits per heavy atom. The zero-order valence-corrected chi connectivity index (χ0v) is 3.99. The molecule has 0 heterocycles. The van der Waals surface area contributed by atoms with Crippen molar-refractivity contribution in [2.45, 2.75) is 19.8 Å². The maximum absolute atomic E-state index is 3.07. The Hall–Kier alpha value is -0.440. The monoisotopic (exact) mass is 80.1 g/mol. The molecular formula is C6H8. The molecule has 0 aliphatic heterocycles. The molecular weight excluding hydrogens is 72.1 g/mol. The van der Waals surface area contributed by atoms with Crippen LogP contribution < -0.4 is 0 Å². The number of rotatable bonds is 0. The molecule has 0 nitrogen and oxygen atoms in total. The summed E-state index contributed by atoms with van der Waals surface area (Å²) in [6.45, 7) is 2.17. The molecule has 6 heavy (non-hydrogen) atoms. The molecule has 0 aromatic carbocycles. The van der Waals surface area contributed by atoms with Crippen LogP contribution in [-0.4, -0.2) is 0 Å². The van der Waals surface area contributed by atoms with E-state index in [1.54, 1.807) is 0 Å². The second-order valence-corrected chi connectivity index (χ2v) is 1.76. The van der Waals surface area contributed by atoms with E-state index in [-0.39, 0.29) is 0 Å². The first-order valence-electron chi connectivity index (χ1n) is 2.38. The molecule has 0 radical (unpaired) electrons. The van der Waals surface area contributed by atoms with E-state index in [1.165, 1.54) is 6.42 Å². The molecule has 1 rings (SSSR count). The molecule has 0 bridgehead atoms. The van der Waals surface area contributed by atoms with Gasteiger partial charge in [0, 0.05) is 12.3 Å². The van der Waals surface area contributed by atoms with Crippen molar-refractivity contribution in [2.75, 3.05) is 0 Å². The van der Waals surface area contributed by atoms with Gasteiger partial charge in [-0.3, -0.25) is 0 Å². The largest absolute Gasteiger partial charge is 0.103 e. The molecule has 0 heteroatoms. The Labute approximate surface area is 38.6 Å². The molecule has 32 valence electrons. The average molecular weight is 80.1 g/mol. The van der Waals surface area contributed by atoms with Crippen LogP contribution in [-0.2, 0) is 0 Å². The van der Waals surface area contributed by atoms with E-state index in [9.17, 15) is 0 Å². The van der Waals surface area contributed by atoms with E-state index < -0.39 is 0 Å². The van der Waals surface area contributed by atoms with Gasteiger partial charge < -0.3 is 0 Å². The molecule has 1 aliphatic rings. The second-order valence-electron chi connectivity index (χ2n) is 1.76. The zero-order chi connectivity index (χ0) is 4.41. The lowest BCUT2D eigenvalue weighted by molar-refractivity contribution is 0.714. The van der Waals surface area contributed by atoms with Gasteiger partial charge in [-0.2, -0.15) is 0 Å². The molecule has 0 N–H and O–H groups in total. The van der Waals surface area contributed by atoms with Gasteiger partial charge >= 0.3 is 0 Å². The SMILES string of the molecule is C[C@@H]1C#CCC1. The van der Waals surface area contributed by atoms with E-state index >= 15 is 0 Å². The molecule has 0 aromatic heterocycles. The summed E-state index contributed by atoms with van der Waals surface area (Å²) in [5, 5.41) is 0. The van der Waals surface area contributed by atoms with Crippen LogP contribution in [0, 0.1) is 17.8 Å². The van der Waals surface area contributed by atoms with Crippen molar-refractivity contribution in [3.63, 3.8) is 0 Å². The first-order chi connectivity index (χ1) is 2.89. The zero-order valence-electron chi connectivity index (χ0n) is 3.99. The van der Waals surface area contributed by atoms with Crippen molar-refractivity contribution in [2.24, 2.45) is 5.92 Å². The summed E-state index contributed by atoms with van der Waals surface area (Å²) >= 11 is 0. The lowest BCUT2D eigenvalue weighted by atomic mass is 10.2. The Balaban J connectivity index is 2.45. The summed E-state index contributed by atoms with van der Waals surface area (Å²) in [6, 6.07) is 0. The van der Waals surface area contributed by atoms with Crippen molar-refractivity contribution >= 4 is 0 Å². The Kier molecular flexibility index (Phi) is 0.837. The Morgan fingerprint density at radius 3 is 2.67 bits per heavy atom. The van der Waals surface area contributed by atoms with Gasteiger partial charge in [-0.25, -0.2) is 0 Å². The maximum atomic E-state index is 3.07. The van der Waals surface area contributed by atoms with Crippen LogP contribution in [0.2, 0.25) is 0 Å². The normalized spacial score (nSPS) is 29.2. The first-order valence-corrected chi connectivity index (χ1v) is 2.38. The molecule has 0 aromatic rings. The minimum Gasteiger partial charge on any atom is -0.103 e. The molecule has 0 saturated carbocycles. The third-order valence-electron chi connectivity index (χ3n) is 1.05. The van der Waals surface area contributed by atoms with Crippen LogP contribution in [0.25, 0.3) is 0 Å². The highest BCUT2D eigenvalue weighted by Gasteiger charge is 1.98. The van der Waals surface area contributed by atoms with Crippen molar-refractivity contribution < 1.29 is 0 Å². The van der Waals surface area contributed by atoms with Crippen molar-refractivity contribution in [1.82, 2.24) is 0 Å². The second kappa shape index (κ2) is 1.34. The van der Waals surface area contributed by atoms with E-state index in [1.807, 2.05) is 0 Å². The van der Waals surface area contributed by atoms with Crippen molar-refractivity contribution in [3.05, 3.63) is 0 Å². The van der Waals surface area contributed by atoms with Gasteiger partial charge in [-0.05, 0) is 6.42 Å².